The van der Waals surface area contributed by atoms with Gasteiger partial charge in [0.1, 0.15) is 0 Å². The first-order valence-electron chi connectivity index (χ1n) is 3.80. The van der Waals surface area contributed by atoms with Crippen molar-refractivity contribution in [2.24, 2.45) is 0 Å². The van der Waals surface area contributed by atoms with Crippen LogP contribution in [-0.2, 0) is 0 Å². The van der Waals surface area contributed by atoms with Crippen LogP contribution in [0.5, 0.6) is 0 Å². The molecule has 0 spiro atoms. The number of fused-ring (bicyclic) bond motifs is 1. The molecular weight excluding hydrogens is 148 g/mol. The maximum atomic E-state index is 5.68. The van der Waals surface area contributed by atoms with Crippen LogP contribution in [-0.4, -0.2) is 0 Å². The first-order chi connectivity index (χ1) is 5.75. The Balaban J connectivity index is 2.75. The zero-order chi connectivity index (χ0) is 8.55. The maximum absolute atomic E-state index is 5.68. The van der Waals surface area contributed by atoms with Crippen LogP contribution in [0.15, 0.2) is 36.4 Å². The Morgan fingerprint density at radius 3 is 1.75 bits per heavy atom. The Labute approximate surface area is 71.1 Å². The lowest BCUT2D eigenvalue weighted by Gasteiger charge is -1.88. The third-order valence-corrected chi connectivity index (χ3v) is 1.86. The molecule has 0 fully saturated rings. The highest BCUT2D eigenvalue weighted by molar-refractivity contribution is 5.73. The molecule has 0 saturated carbocycles. The van der Waals surface area contributed by atoms with Crippen molar-refractivity contribution in [3.05, 3.63) is 36.4 Å². The van der Waals surface area contributed by atoms with Gasteiger partial charge in [0, 0.05) is 11.4 Å². The fraction of sp³-hybridized carbons (Fsp3) is 0. The molecule has 0 unspecified atom stereocenters. The van der Waals surface area contributed by atoms with E-state index in [1.807, 2.05) is 30.3 Å². The van der Waals surface area contributed by atoms with E-state index >= 15 is 0 Å². The second-order valence-corrected chi connectivity index (χ2v) is 2.87. The summed E-state index contributed by atoms with van der Waals surface area (Å²) in [6.45, 7) is 0. The summed E-state index contributed by atoms with van der Waals surface area (Å²) < 4.78 is 0. The molecule has 0 bridgehead atoms. The summed E-state index contributed by atoms with van der Waals surface area (Å²) in [4.78, 5) is 0. The minimum Gasteiger partial charge on any atom is -0.399 e. The van der Waals surface area contributed by atoms with Gasteiger partial charge in [-0.25, -0.2) is 0 Å². The van der Waals surface area contributed by atoms with Crippen LogP contribution in [0, 0.1) is 0 Å². The SMILES string of the molecule is Nc1cc(N)cc2cccc-2c1. The molecular formula is C10H10N2. The molecule has 0 aromatic heterocycles. The van der Waals surface area contributed by atoms with Gasteiger partial charge in [0.2, 0.25) is 0 Å². The Morgan fingerprint density at radius 1 is 0.750 bits per heavy atom. The van der Waals surface area contributed by atoms with Crippen LogP contribution >= 0.6 is 0 Å². The maximum Gasteiger partial charge on any atom is 0.0340 e. The van der Waals surface area contributed by atoms with Gasteiger partial charge >= 0.3 is 0 Å². The van der Waals surface area contributed by atoms with Gasteiger partial charge in [0.15, 0.2) is 0 Å². The number of hydrogen-bond donors (Lipinski definition) is 2. The molecule has 2 aliphatic rings. The van der Waals surface area contributed by atoms with Crippen LogP contribution in [0.4, 0.5) is 11.4 Å². The average molecular weight is 158 g/mol. The molecule has 60 valence electrons. The Hall–Kier alpha value is -1.70. The van der Waals surface area contributed by atoms with Crippen LogP contribution in [0.3, 0.4) is 0 Å². The van der Waals surface area contributed by atoms with Gasteiger partial charge in [-0.15, -0.1) is 0 Å². The third-order valence-electron chi connectivity index (χ3n) is 1.86. The van der Waals surface area contributed by atoms with E-state index in [1.165, 1.54) is 0 Å². The topological polar surface area (TPSA) is 52.0 Å². The highest BCUT2D eigenvalue weighted by Gasteiger charge is 2.00. The summed E-state index contributed by atoms with van der Waals surface area (Å²) in [5.41, 5.74) is 15.0. The van der Waals surface area contributed by atoms with Crippen LogP contribution < -0.4 is 11.5 Å². The van der Waals surface area contributed by atoms with Crippen molar-refractivity contribution >= 4 is 11.4 Å². The molecule has 0 aromatic rings. The molecule has 0 amide bonds. The predicted molar refractivity (Wildman–Crippen MR) is 51.9 cm³/mol. The molecule has 0 atom stereocenters. The zero-order valence-corrected chi connectivity index (χ0v) is 6.62. The molecule has 0 radical (unpaired) electrons. The van der Waals surface area contributed by atoms with Gasteiger partial charge in [-0.1, -0.05) is 18.2 Å². The molecule has 0 saturated heterocycles. The predicted octanol–water partition coefficient (Wildman–Crippen LogP) is 1.96. The smallest absolute Gasteiger partial charge is 0.0340 e. The van der Waals surface area contributed by atoms with E-state index in [-0.39, 0.29) is 0 Å². The van der Waals surface area contributed by atoms with Gasteiger partial charge in [-0.2, -0.15) is 0 Å². The molecule has 2 nitrogen and oxygen atoms in total. The van der Waals surface area contributed by atoms with E-state index in [2.05, 4.69) is 0 Å². The van der Waals surface area contributed by atoms with E-state index in [0.29, 0.717) is 11.4 Å². The molecule has 0 aromatic carbocycles. The Kier molecular flexibility index (Phi) is 1.40. The van der Waals surface area contributed by atoms with Gasteiger partial charge < -0.3 is 11.5 Å². The highest BCUT2D eigenvalue weighted by atomic mass is 14.6. The quantitative estimate of drug-likeness (QED) is 0.615. The number of nitrogen functional groups attached to an aromatic ring is 2. The summed E-state index contributed by atoms with van der Waals surface area (Å²) in [5, 5.41) is 0. The third kappa shape index (κ3) is 1.07. The van der Waals surface area contributed by atoms with Crippen LogP contribution in [0.2, 0.25) is 0 Å². The fourth-order valence-corrected chi connectivity index (χ4v) is 1.35. The number of nitrogens with two attached hydrogens (primary N) is 2. The van der Waals surface area contributed by atoms with Crippen molar-refractivity contribution in [1.82, 2.24) is 0 Å². The molecule has 0 aliphatic heterocycles. The van der Waals surface area contributed by atoms with Crippen molar-refractivity contribution in [1.29, 1.82) is 0 Å². The number of rotatable bonds is 0. The standard InChI is InChI=1S/C10H10N2/c11-9-4-7-2-1-3-8(7)5-10(12)6-9/h1-6H,11-12H2. The summed E-state index contributed by atoms with van der Waals surface area (Å²) in [6, 6.07) is 11.6. The van der Waals surface area contributed by atoms with Crippen molar-refractivity contribution in [2.45, 2.75) is 0 Å². The van der Waals surface area contributed by atoms with E-state index in [0.717, 1.165) is 11.1 Å². The summed E-state index contributed by atoms with van der Waals surface area (Å²) >= 11 is 0. The molecule has 2 rings (SSSR count). The lowest BCUT2D eigenvalue weighted by Crippen LogP contribution is -1.83. The van der Waals surface area contributed by atoms with Gasteiger partial charge in [-0.05, 0) is 29.3 Å². The summed E-state index contributed by atoms with van der Waals surface area (Å²) in [7, 11) is 0. The van der Waals surface area contributed by atoms with Gasteiger partial charge in [-0.3, -0.25) is 0 Å². The second-order valence-electron chi connectivity index (χ2n) is 2.87. The number of anilines is 2. The first-order valence-corrected chi connectivity index (χ1v) is 3.80. The minimum atomic E-state index is 0.703. The summed E-state index contributed by atoms with van der Waals surface area (Å²) in [6.07, 6.45) is 0. The normalized spacial score (nSPS) is 10.3. The first kappa shape index (κ1) is 6.98. The fourth-order valence-electron chi connectivity index (χ4n) is 1.35. The molecule has 0 heterocycles. The van der Waals surface area contributed by atoms with Crippen molar-refractivity contribution in [2.75, 3.05) is 11.5 Å². The molecule has 2 heteroatoms. The van der Waals surface area contributed by atoms with E-state index < -0.39 is 0 Å². The molecule has 12 heavy (non-hydrogen) atoms. The van der Waals surface area contributed by atoms with E-state index in [1.54, 1.807) is 6.07 Å². The monoisotopic (exact) mass is 158 g/mol. The molecule has 4 N–H and O–H groups in total. The van der Waals surface area contributed by atoms with E-state index in [9.17, 15) is 0 Å². The molecule has 2 aliphatic carbocycles. The Morgan fingerprint density at radius 2 is 1.25 bits per heavy atom. The largest absolute Gasteiger partial charge is 0.399 e. The Bertz CT molecular complexity index is 348. The summed E-state index contributed by atoms with van der Waals surface area (Å²) in [5.74, 6) is 0. The van der Waals surface area contributed by atoms with Crippen LogP contribution in [0.25, 0.3) is 11.1 Å². The van der Waals surface area contributed by atoms with Crippen molar-refractivity contribution < 1.29 is 0 Å². The zero-order valence-electron chi connectivity index (χ0n) is 6.62. The highest BCUT2D eigenvalue weighted by Crippen LogP contribution is 2.25. The minimum absolute atomic E-state index is 0.703. The average Bonchev–Trinajstić information content (AvgIpc) is 2.31. The van der Waals surface area contributed by atoms with Gasteiger partial charge in [0.25, 0.3) is 0 Å². The number of hydrogen-bond acceptors (Lipinski definition) is 2. The van der Waals surface area contributed by atoms with Crippen molar-refractivity contribution in [3.63, 3.8) is 0 Å². The van der Waals surface area contributed by atoms with Crippen molar-refractivity contribution in [3.8, 4) is 11.1 Å². The van der Waals surface area contributed by atoms with Crippen LogP contribution in [0.1, 0.15) is 0 Å². The van der Waals surface area contributed by atoms with Gasteiger partial charge in [0.05, 0.1) is 0 Å². The lowest BCUT2D eigenvalue weighted by molar-refractivity contribution is 1.77. The second kappa shape index (κ2) is 2.41. The van der Waals surface area contributed by atoms with E-state index in [4.69, 9.17) is 11.5 Å². The lowest BCUT2D eigenvalue weighted by atomic mass is 10.2.